The number of ether oxygens (including phenoxy) is 1. The summed E-state index contributed by atoms with van der Waals surface area (Å²) < 4.78 is 5.59. The number of hydrogen-bond donors (Lipinski definition) is 1. The fourth-order valence-corrected chi connectivity index (χ4v) is 2.43. The van der Waals surface area contributed by atoms with E-state index in [4.69, 9.17) is 10.5 Å². The molecule has 0 amide bonds. The molecule has 0 aromatic rings. The van der Waals surface area contributed by atoms with E-state index in [1.165, 1.54) is 0 Å². The summed E-state index contributed by atoms with van der Waals surface area (Å²) in [6.07, 6.45) is 0. The Hall–Kier alpha value is -0.160. The van der Waals surface area contributed by atoms with Crippen molar-refractivity contribution in [3.05, 3.63) is 0 Å². The average Bonchev–Trinajstić information content (AvgIpc) is 2.26. The second-order valence-electron chi connectivity index (χ2n) is 5.24. The molecule has 2 atom stereocenters. The molecule has 104 valence electrons. The quantitative estimate of drug-likeness (QED) is 0.658. The molecule has 4 heteroatoms. The van der Waals surface area contributed by atoms with Crippen molar-refractivity contribution in [2.45, 2.75) is 39.3 Å². The predicted molar refractivity (Wildman–Crippen MR) is 74.3 cm³/mol. The first kappa shape index (κ1) is 16.8. The van der Waals surface area contributed by atoms with E-state index in [1.807, 2.05) is 6.92 Å². The number of rotatable bonds is 9. The van der Waals surface area contributed by atoms with E-state index in [1.54, 1.807) is 0 Å². The molecule has 0 bridgehead atoms. The maximum Gasteiger partial charge on any atom is 0.0660 e. The number of likely N-dealkylation sites (N-methyl/N-ethyl adjacent to an activating group) is 2. The Morgan fingerprint density at radius 1 is 1.29 bits per heavy atom. The van der Waals surface area contributed by atoms with Crippen LogP contribution in [0.15, 0.2) is 0 Å². The molecule has 17 heavy (non-hydrogen) atoms. The fraction of sp³-hybridized carbons (Fsp3) is 1.00. The van der Waals surface area contributed by atoms with Gasteiger partial charge in [0.25, 0.3) is 0 Å². The van der Waals surface area contributed by atoms with Crippen LogP contribution < -0.4 is 5.73 Å². The van der Waals surface area contributed by atoms with Gasteiger partial charge in [-0.3, -0.25) is 4.90 Å². The number of nitrogens with zero attached hydrogens (tertiary/aromatic N) is 2. The zero-order valence-electron chi connectivity index (χ0n) is 12.5. The van der Waals surface area contributed by atoms with Crippen LogP contribution in [0.1, 0.15) is 27.7 Å². The normalized spacial score (nSPS) is 17.5. The van der Waals surface area contributed by atoms with Crippen molar-refractivity contribution in [3.8, 4) is 0 Å². The van der Waals surface area contributed by atoms with Gasteiger partial charge >= 0.3 is 0 Å². The van der Waals surface area contributed by atoms with Crippen LogP contribution in [0.5, 0.6) is 0 Å². The molecule has 0 rings (SSSR count). The van der Waals surface area contributed by atoms with E-state index < -0.39 is 0 Å². The summed E-state index contributed by atoms with van der Waals surface area (Å²) in [4.78, 5) is 4.66. The first-order chi connectivity index (χ1) is 7.91. The van der Waals surface area contributed by atoms with Gasteiger partial charge in [0.1, 0.15) is 0 Å². The van der Waals surface area contributed by atoms with E-state index in [-0.39, 0.29) is 5.54 Å². The van der Waals surface area contributed by atoms with Gasteiger partial charge in [0.15, 0.2) is 0 Å². The Labute approximate surface area is 107 Å². The van der Waals surface area contributed by atoms with E-state index >= 15 is 0 Å². The first-order valence-corrected chi connectivity index (χ1v) is 6.60. The monoisotopic (exact) mass is 245 g/mol. The van der Waals surface area contributed by atoms with E-state index in [2.05, 4.69) is 44.7 Å². The zero-order valence-corrected chi connectivity index (χ0v) is 12.5. The SMILES string of the molecule is CCOCC(C)(CN)N(CC)C(C)CN(C)C. The molecular formula is C13H31N3O. The van der Waals surface area contributed by atoms with Crippen LogP contribution in [-0.4, -0.2) is 68.3 Å². The van der Waals surface area contributed by atoms with Gasteiger partial charge in [-0.25, -0.2) is 0 Å². The first-order valence-electron chi connectivity index (χ1n) is 6.60. The summed E-state index contributed by atoms with van der Waals surface area (Å²) in [5, 5.41) is 0. The molecule has 0 heterocycles. The van der Waals surface area contributed by atoms with Crippen molar-refractivity contribution in [3.63, 3.8) is 0 Å². The van der Waals surface area contributed by atoms with Gasteiger partial charge < -0.3 is 15.4 Å². The van der Waals surface area contributed by atoms with Crippen molar-refractivity contribution in [2.24, 2.45) is 5.73 Å². The Kier molecular flexibility index (Phi) is 7.96. The van der Waals surface area contributed by atoms with Gasteiger partial charge in [-0.1, -0.05) is 6.92 Å². The third-order valence-corrected chi connectivity index (χ3v) is 3.25. The Bertz CT molecular complexity index is 199. The average molecular weight is 245 g/mol. The van der Waals surface area contributed by atoms with Gasteiger partial charge in [-0.2, -0.15) is 0 Å². The van der Waals surface area contributed by atoms with Crippen molar-refractivity contribution >= 4 is 0 Å². The van der Waals surface area contributed by atoms with Crippen molar-refractivity contribution in [1.82, 2.24) is 9.80 Å². The Morgan fingerprint density at radius 3 is 2.24 bits per heavy atom. The molecule has 0 saturated carbocycles. The minimum atomic E-state index is -0.0693. The molecule has 0 radical (unpaired) electrons. The Morgan fingerprint density at radius 2 is 1.88 bits per heavy atom. The molecular weight excluding hydrogens is 214 g/mol. The molecule has 0 aliphatic heterocycles. The van der Waals surface area contributed by atoms with Gasteiger partial charge in [0, 0.05) is 25.7 Å². The van der Waals surface area contributed by atoms with Crippen LogP contribution >= 0.6 is 0 Å². The highest BCUT2D eigenvalue weighted by molar-refractivity contribution is 4.90. The van der Waals surface area contributed by atoms with Crippen LogP contribution in [0.25, 0.3) is 0 Å². The maximum absolute atomic E-state index is 5.96. The van der Waals surface area contributed by atoms with Crippen LogP contribution in [0, 0.1) is 0 Å². The summed E-state index contributed by atoms with van der Waals surface area (Å²) in [5.74, 6) is 0. The molecule has 2 unspecified atom stereocenters. The molecule has 4 nitrogen and oxygen atoms in total. The minimum absolute atomic E-state index is 0.0693. The van der Waals surface area contributed by atoms with Crippen LogP contribution in [0.2, 0.25) is 0 Å². The zero-order chi connectivity index (χ0) is 13.5. The lowest BCUT2D eigenvalue weighted by atomic mass is 9.98. The van der Waals surface area contributed by atoms with Crippen molar-refractivity contribution < 1.29 is 4.74 Å². The summed E-state index contributed by atoms with van der Waals surface area (Å²) in [5.41, 5.74) is 5.89. The summed E-state index contributed by atoms with van der Waals surface area (Å²) in [7, 11) is 4.21. The van der Waals surface area contributed by atoms with Gasteiger partial charge in [-0.15, -0.1) is 0 Å². The minimum Gasteiger partial charge on any atom is -0.380 e. The third kappa shape index (κ3) is 5.34. The van der Waals surface area contributed by atoms with Crippen LogP contribution in [0.4, 0.5) is 0 Å². The second kappa shape index (κ2) is 8.03. The van der Waals surface area contributed by atoms with Gasteiger partial charge in [0.2, 0.25) is 0 Å². The lowest BCUT2D eigenvalue weighted by Crippen LogP contribution is -2.59. The maximum atomic E-state index is 5.96. The van der Waals surface area contributed by atoms with E-state index in [0.29, 0.717) is 19.2 Å². The molecule has 0 aliphatic rings. The lowest BCUT2D eigenvalue weighted by molar-refractivity contribution is -0.0116. The van der Waals surface area contributed by atoms with Crippen molar-refractivity contribution in [2.75, 3.05) is 46.9 Å². The third-order valence-electron chi connectivity index (χ3n) is 3.25. The summed E-state index contributed by atoms with van der Waals surface area (Å²) in [6, 6.07) is 0.476. The highest BCUT2D eigenvalue weighted by atomic mass is 16.5. The topological polar surface area (TPSA) is 41.7 Å². The molecule has 0 aromatic heterocycles. The van der Waals surface area contributed by atoms with Crippen LogP contribution in [-0.2, 0) is 4.74 Å². The van der Waals surface area contributed by atoms with Crippen LogP contribution in [0.3, 0.4) is 0 Å². The molecule has 0 fully saturated rings. The fourth-order valence-electron chi connectivity index (χ4n) is 2.43. The molecule has 0 spiro atoms. The predicted octanol–water partition coefficient (Wildman–Crippen LogP) is 1.01. The van der Waals surface area contributed by atoms with Gasteiger partial charge in [0.05, 0.1) is 12.1 Å². The Balaban J connectivity index is 4.66. The molecule has 0 saturated heterocycles. The van der Waals surface area contributed by atoms with Gasteiger partial charge in [-0.05, 0) is 41.4 Å². The molecule has 0 aromatic carbocycles. The lowest BCUT2D eigenvalue weighted by Gasteiger charge is -2.44. The largest absolute Gasteiger partial charge is 0.380 e. The second-order valence-corrected chi connectivity index (χ2v) is 5.24. The number of nitrogens with two attached hydrogens (primary N) is 1. The smallest absolute Gasteiger partial charge is 0.0660 e. The summed E-state index contributed by atoms with van der Waals surface area (Å²) >= 11 is 0. The summed E-state index contributed by atoms with van der Waals surface area (Å²) in [6.45, 7) is 12.8. The van der Waals surface area contributed by atoms with E-state index in [9.17, 15) is 0 Å². The number of hydrogen-bond acceptors (Lipinski definition) is 4. The molecule has 2 N–H and O–H groups in total. The van der Waals surface area contributed by atoms with Crippen molar-refractivity contribution in [1.29, 1.82) is 0 Å². The highest BCUT2D eigenvalue weighted by Gasteiger charge is 2.33. The molecule has 0 aliphatic carbocycles. The standard InChI is InChI=1S/C13H31N3O/c1-7-16(12(3)9-15(5)6)13(4,10-14)11-17-8-2/h12H,7-11,14H2,1-6H3. The van der Waals surface area contributed by atoms with E-state index in [0.717, 1.165) is 19.7 Å². The highest BCUT2D eigenvalue weighted by Crippen LogP contribution is 2.18.